The fraction of sp³-hybridized carbons (Fsp3) is 0.417. The van der Waals surface area contributed by atoms with Gasteiger partial charge in [-0.2, -0.15) is 0 Å². The monoisotopic (exact) mass is 414 g/mol. The van der Waals surface area contributed by atoms with Crippen molar-refractivity contribution in [3.63, 3.8) is 0 Å². The van der Waals surface area contributed by atoms with E-state index in [0.717, 1.165) is 23.8 Å². The van der Waals surface area contributed by atoms with Crippen LogP contribution in [0.2, 0.25) is 0 Å². The molecule has 0 spiro atoms. The first kappa shape index (κ1) is 23.3. The second-order valence-electron chi connectivity index (χ2n) is 7.51. The maximum atomic E-state index is 11.4. The lowest BCUT2D eigenvalue weighted by Gasteiger charge is -2.21. The molecule has 6 heteroatoms. The minimum atomic E-state index is -0.463. The third-order valence-electron chi connectivity index (χ3n) is 5.04. The molecule has 1 unspecified atom stereocenters. The lowest BCUT2D eigenvalue weighted by atomic mass is 9.86. The average Bonchev–Trinajstić information content (AvgIpc) is 2.75. The molecule has 1 atom stereocenters. The second-order valence-corrected chi connectivity index (χ2v) is 7.51. The number of aldehydes is 1. The molecule has 2 aromatic carbocycles. The third-order valence-corrected chi connectivity index (χ3v) is 5.04. The summed E-state index contributed by atoms with van der Waals surface area (Å²) >= 11 is 0. The van der Waals surface area contributed by atoms with Gasteiger partial charge in [-0.3, -0.25) is 0 Å². The smallest absolute Gasteiger partial charge is 0.343 e. The Morgan fingerprint density at radius 3 is 2.37 bits per heavy atom. The van der Waals surface area contributed by atoms with Gasteiger partial charge in [0.1, 0.15) is 23.5 Å². The number of aromatic hydroxyl groups is 1. The summed E-state index contributed by atoms with van der Waals surface area (Å²) in [5.41, 5.74) is 2.31. The van der Waals surface area contributed by atoms with E-state index in [1.54, 1.807) is 19.2 Å². The molecular weight excluding hydrogens is 384 g/mol. The summed E-state index contributed by atoms with van der Waals surface area (Å²) in [4.78, 5) is 22.6. The van der Waals surface area contributed by atoms with Gasteiger partial charge in [-0.05, 0) is 42.5 Å². The van der Waals surface area contributed by atoms with E-state index in [1.807, 2.05) is 24.3 Å². The molecule has 0 fully saturated rings. The first-order valence-corrected chi connectivity index (χ1v) is 10.0. The van der Waals surface area contributed by atoms with Gasteiger partial charge < -0.3 is 24.1 Å². The minimum Gasteiger partial charge on any atom is -0.507 e. The van der Waals surface area contributed by atoms with Crippen molar-refractivity contribution in [2.24, 2.45) is 5.92 Å². The van der Waals surface area contributed by atoms with Crippen LogP contribution in [0.15, 0.2) is 36.4 Å². The predicted octanol–water partition coefficient (Wildman–Crippen LogP) is 4.26. The average molecular weight is 414 g/mol. The zero-order valence-electron chi connectivity index (χ0n) is 18.0. The Kier molecular flexibility index (Phi) is 8.71. The van der Waals surface area contributed by atoms with Crippen LogP contribution in [-0.2, 0) is 20.7 Å². The quantitative estimate of drug-likeness (QED) is 0.437. The summed E-state index contributed by atoms with van der Waals surface area (Å²) in [5.74, 6) is 1.06. The maximum Gasteiger partial charge on any atom is 0.343 e. The van der Waals surface area contributed by atoms with Gasteiger partial charge in [-0.15, -0.1) is 0 Å². The van der Waals surface area contributed by atoms with E-state index >= 15 is 0 Å². The molecule has 2 rings (SSSR count). The number of hydrogen-bond acceptors (Lipinski definition) is 6. The standard InChI is InChI=1S/C24H30O6/c1-16(2)5-10-21-22(28-3)12-11-20(24(21)27)19(13-14-25)17-6-8-18(9-7-17)30-15-23(26)29-4/h6-9,11-12,14,16,19,27H,5,10,13,15H2,1-4H3. The van der Waals surface area contributed by atoms with E-state index in [0.29, 0.717) is 29.4 Å². The van der Waals surface area contributed by atoms with Crippen molar-refractivity contribution in [2.75, 3.05) is 20.8 Å². The molecule has 6 nitrogen and oxygen atoms in total. The van der Waals surface area contributed by atoms with Gasteiger partial charge in [0.15, 0.2) is 6.61 Å². The number of carbonyl (C=O) groups is 2. The van der Waals surface area contributed by atoms with Gasteiger partial charge in [0.2, 0.25) is 0 Å². The Labute approximate surface area is 177 Å². The Bertz CT molecular complexity index is 842. The van der Waals surface area contributed by atoms with Crippen molar-refractivity contribution in [3.05, 3.63) is 53.1 Å². The van der Waals surface area contributed by atoms with Crippen LogP contribution in [0.1, 0.15) is 49.3 Å². The highest BCUT2D eigenvalue weighted by Gasteiger charge is 2.22. The van der Waals surface area contributed by atoms with E-state index in [4.69, 9.17) is 9.47 Å². The molecule has 162 valence electrons. The van der Waals surface area contributed by atoms with Crippen LogP contribution in [0, 0.1) is 5.92 Å². The molecule has 0 saturated carbocycles. The molecule has 30 heavy (non-hydrogen) atoms. The number of methoxy groups -OCH3 is 2. The van der Waals surface area contributed by atoms with Crippen LogP contribution in [0.5, 0.6) is 17.2 Å². The molecule has 0 amide bonds. The normalized spacial score (nSPS) is 11.8. The second kappa shape index (κ2) is 11.2. The molecule has 0 aliphatic rings. The van der Waals surface area contributed by atoms with Crippen LogP contribution in [0.4, 0.5) is 0 Å². The van der Waals surface area contributed by atoms with E-state index in [-0.39, 0.29) is 24.7 Å². The zero-order chi connectivity index (χ0) is 22.1. The predicted molar refractivity (Wildman–Crippen MR) is 114 cm³/mol. The number of phenolic OH excluding ortho intramolecular Hbond substituents is 1. The lowest BCUT2D eigenvalue weighted by Crippen LogP contribution is -2.12. The lowest BCUT2D eigenvalue weighted by molar-refractivity contribution is -0.142. The summed E-state index contributed by atoms with van der Waals surface area (Å²) in [6.45, 7) is 4.09. The van der Waals surface area contributed by atoms with Crippen LogP contribution in [0.3, 0.4) is 0 Å². The molecule has 0 radical (unpaired) electrons. The molecule has 0 bridgehead atoms. The zero-order valence-corrected chi connectivity index (χ0v) is 18.0. The van der Waals surface area contributed by atoms with Gasteiger partial charge in [0.05, 0.1) is 14.2 Å². The summed E-state index contributed by atoms with van der Waals surface area (Å²) in [6, 6.07) is 10.8. The summed E-state index contributed by atoms with van der Waals surface area (Å²) in [6.07, 6.45) is 2.68. The number of benzene rings is 2. The molecule has 0 heterocycles. The van der Waals surface area contributed by atoms with E-state index in [9.17, 15) is 14.7 Å². The third kappa shape index (κ3) is 5.99. The Hall–Kier alpha value is -3.02. The van der Waals surface area contributed by atoms with Gasteiger partial charge in [-0.1, -0.05) is 32.0 Å². The van der Waals surface area contributed by atoms with Crippen LogP contribution in [0.25, 0.3) is 0 Å². The van der Waals surface area contributed by atoms with Crippen LogP contribution >= 0.6 is 0 Å². The van der Waals surface area contributed by atoms with E-state index < -0.39 is 5.97 Å². The van der Waals surface area contributed by atoms with Crippen LogP contribution < -0.4 is 9.47 Å². The largest absolute Gasteiger partial charge is 0.507 e. The van der Waals surface area contributed by atoms with Crippen molar-refractivity contribution in [2.45, 2.75) is 39.0 Å². The Morgan fingerprint density at radius 1 is 1.10 bits per heavy atom. The highest BCUT2D eigenvalue weighted by molar-refractivity contribution is 5.70. The number of carbonyl (C=O) groups excluding carboxylic acids is 2. The molecule has 2 aromatic rings. The Morgan fingerprint density at radius 2 is 1.80 bits per heavy atom. The molecule has 0 saturated heterocycles. The van der Waals surface area contributed by atoms with E-state index in [2.05, 4.69) is 18.6 Å². The molecule has 0 aromatic heterocycles. The van der Waals surface area contributed by atoms with Crippen molar-refractivity contribution in [1.29, 1.82) is 0 Å². The van der Waals surface area contributed by atoms with Crippen molar-refractivity contribution >= 4 is 12.3 Å². The SMILES string of the molecule is COC(=O)COc1ccc(C(CC=O)c2ccc(OC)c(CCC(C)C)c2O)cc1. The van der Waals surface area contributed by atoms with Crippen molar-refractivity contribution in [3.8, 4) is 17.2 Å². The molecule has 0 aliphatic heterocycles. The topological polar surface area (TPSA) is 82.1 Å². The minimum absolute atomic E-state index is 0.174. The highest BCUT2D eigenvalue weighted by atomic mass is 16.6. The number of rotatable bonds is 11. The number of ether oxygens (including phenoxy) is 3. The fourth-order valence-corrected chi connectivity index (χ4v) is 3.32. The number of phenols is 1. The van der Waals surface area contributed by atoms with Gasteiger partial charge in [0, 0.05) is 23.5 Å². The first-order chi connectivity index (χ1) is 14.4. The Balaban J connectivity index is 2.34. The summed E-state index contributed by atoms with van der Waals surface area (Å²) in [5, 5.41) is 11.0. The summed E-state index contributed by atoms with van der Waals surface area (Å²) < 4.78 is 15.4. The highest BCUT2D eigenvalue weighted by Crippen LogP contribution is 2.40. The van der Waals surface area contributed by atoms with Gasteiger partial charge in [0.25, 0.3) is 0 Å². The van der Waals surface area contributed by atoms with Crippen molar-refractivity contribution in [1.82, 2.24) is 0 Å². The fourth-order valence-electron chi connectivity index (χ4n) is 3.32. The van der Waals surface area contributed by atoms with E-state index in [1.165, 1.54) is 7.11 Å². The molecule has 0 aliphatic carbocycles. The molecular formula is C24H30O6. The van der Waals surface area contributed by atoms with Gasteiger partial charge >= 0.3 is 5.97 Å². The summed E-state index contributed by atoms with van der Waals surface area (Å²) in [7, 11) is 2.89. The van der Waals surface area contributed by atoms with Crippen molar-refractivity contribution < 1.29 is 28.9 Å². The number of esters is 1. The number of hydrogen-bond donors (Lipinski definition) is 1. The maximum absolute atomic E-state index is 11.4. The first-order valence-electron chi connectivity index (χ1n) is 10.0. The van der Waals surface area contributed by atoms with Gasteiger partial charge in [-0.25, -0.2) is 4.79 Å². The van der Waals surface area contributed by atoms with Crippen LogP contribution in [-0.4, -0.2) is 38.2 Å². The molecule has 1 N–H and O–H groups in total.